The second-order valence-corrected chi connectivity index (χ2v) is 9.89. The van der Waals surface area contributed by atoms with Gasteiger partial charge < -0.3 is 24.4 Å². The fourth-order valence-electron chi connectivity index (χ4n) is 5.43. The Morgan fingerprint density at radius 2 is 1.81 bits per heavy atom. The molecule has 2 aliphatic heterocycles. The summed E-state index contributed by atoms with van der Waals surface area (Å²) in [5.74, 6) is -0.701. The summed E-state index contributed by atoms with van der Waals surface area (Å²) in [5.41, 5.74) is 3.81. The zero-order valence-electron chi connectivity index (χ0n) is 20.8. The molecule has 0 aliphatic carbocycles. The standard InChI is InChI=1S/C28H33FN4O3/c1-30-10-2-11-31(14-13-30)15-16-32-12-9-25-27(28(32)36)23-17-22(29)7-8-24(23)33(25)18-20-3-5-21(6-4-20)26(35)19-34/h3-8,17,34H,2,9-16,18-19H2,1H3. The summed E-state index contributed by atoms with van der Waals surface area (Å²) in [7, 11) is 2.15. The zero-order chi connectivity index (χ0) is 25.2. The van der Waals surface area contributed by atoms with E-state index in [0.29, 0.717) is 42.6 Å². The molecular formula is C28H33FN4O3. The largest absolute Gasteiger partial charge is 0.388 e. The van der Waals surface area contributed by atoms with Gasteiger partial charge in [0.2, 0.25) is 0 Å². The molecule has 1 saturated heterocycles. The van der Waals surface area contributed by atoms with E-state index < -0.39 is 6.61 Å². The van der Waals surface area contributed by atoms with Crippen molar-refractivity contribution < 1.29 is 19.1 Å². The van der Waals surface area contributed by atoms with Crippen LogP contribution >= 0.6 is 0 Å². The van der Waals surface area contributed by atoms with Crippen LogP contribution in [0, 0.1) is 5.82 Å². The van der Waals surface area contributed by atoms with Crippen molar-refractivity contribution in [3.63, 3.8) is 0 Å². The molecule has 1 fully saturated rings. The Morgan fingerprint density at radius 1 is 1.00 bits per heavy atom. The van der Waals surface area contributed by atoms with Gasteiger partial charge in [-0.2, -0.15) is 0 Å². The van der Waals surface area contributed by atoms with Gasteiger partial charge in [0.15, 0.2) is 5.78 Å². The van der Waals surface area contributed by atoms with E-state index in [-0.39, 0.29) is 17.5 Å². The highest BCUT2D eigenvalue weighted by Crippen LogP contribution is 2.32. The Morgan fingerprint density at radius 3 is 2.58 bits per heavy atom. The molecule has 2 aromatic carbocycles. The van der Waals surface area contributed by atoms with Crippen molar-refractivity contribution in [2.75, 3.05) is 59.5 Å². The second kappa shape index (κ2) is 10.5. The van der Waals surface area contributed by atoms with Crippen LogP contribution in [0.5, 0.6) is 0 Å². The van der Waals surface area contributed by atoms with Crippen molar-refractivity contribution in [1.82, 2.24) is 19.3 Å². The van der Waals surface area contributed by atoms with E-state index >= 15 is 0 Å². The number of rotatable bonds is 7. The molecule has 0 saturated carbocycles. The van der Waals surface area contributed by atoms with Gasteiger partial charge in [-0.15, -0.1) is 0 Å². The van der Waals surface area contributed by atoms with E-state index in [9.17, 15) is 14.0 Å². The minimum absolute atomic E-state index is 0.0265. The van der Waals surface area contributed by atoms with E-state index in [2.05, 4.69) is 21.4 Å². The summed E-state index contributed by atoms with van der Waals surface area (Å²) < 4.78 is 16.4. The summed E-state index contributed by atoms with van der Waals surface area (Å²) in [6.45, 7) is 6.36. The van der Waals surface area contributed by atoms with E-state index in [4.69, 9.17) is 5.11 Å². The number of nitrogens with zero attached hydrogens (tertiary/aromatic N) is 4. The number of hydrogen-bond donors (Lipinski definition) is 1. The Kier molecular flexibility index (Phi) is 7.18. The molecule has 0 bridgehead atoms. The predicted molar refractivity (Wildman–Crippen MR) is 137 cm³/mol. The summed E-state index contributed by atoms with van der Waals surface area (Å²) in [6.07, 6.45) is 1.84. The first-order chi connectivity index (χ1) is 17.4. The smallest absolute Gasteiger partial charge is 0.256 e. The predicted octanol–water partition coefficient (Wildman–Crippen LogP) is 2.64. The molecule has 3 aromatic rings. The Balaban J connectivity index is 1.40. The number of likely N-dealkylation sites (N-methyl/N-ethyl adjacent to an activating group) is 1. The molecule has 0 unspecified atom stereocenters. The molecule has 0 atom stereocenters. The van der Waals surface area contributed by atoms with Crippen LogP contribution in [0.2, 0.25) is 0 Å². The van der Waals surface area contributed by atoms with E-state index in [1.54, 1.807) is 18.2 Å². The maximum atomic E-state index is 14.3. The van der Waals surface area contributed by atoms with Gasteiger partial charge in [-0.1, -0.05) is 24.3 Å². The number of Topliss-reactive ketones (excluding diaryl/α,β-unsaturated/α-hetero) is 1. The maximum Gasteiger partial charge on any atom is 0.256 e. The Bertz CT molecular complexity index is 1270. The Hall–Kier alpha value is -3.07. The molecule has 190 valence electrons. The van der Waals surface area contributed by atoms with Crippen LogP contribution in [0.4, 0.5) is 4.39 Å². The van der Waals surface area contributed by atoms with Gasteiger partial charge in [-0.05, 0) is 50.3 Å². The van der Waals surface area contributed by atoms with Crippen LogP contribution in [0.3, 0.4) is 0 Å². The lowest BCUT2D eigenvalue weighted by atomic mass is 10.0. The first-order valence-electron chi connectivity index (χ1n) is 12.7. The number of aliphatic hydroxyl groups is 1. The molecular weight excluding hydrogens is 459 g/mol. The molecule has 1 amide bonds. The topological polar surface area (TPSA) is 69.0 Å². The third-order valence-electron chi connectivity index (χ3n) is 7.51. The number of fused-ring (bicyclic) bond motifs is 3. The molecule has 1 aromatic heterocycles. The fraction of sp³-hybridized carbons (Fsp3) is 0.429. The molecule has 1 N–H and O–H groups in total. The average Bonchev–Trinajstić information content (AvgIpc) is 3.02. The minimum Gasteiger partial charge on any atom is -0.388 e. The van der Waals surface area contributed by atoms with Gasteiger partial charge in [0.1, 0.15) is 12.4 Å². The molecule has 0 radical (unpaired) electrons. The molecule has 8 heteroatoms. The van der Waals surface area contributed by atoms with E-state index in [0.717, 1.165) is 55.9 Å². The SMILES string of the molecule is CN1CCCN(CCN2CCc3c(c4cc(F)ccc4n3Cc3ccc(C(=O)CO)cc3)C2=O)CC1. The van der Waals surface area contributed by atoms with E-state index in [1.807, 2.05) is 17.0 Å². The quantitative estimate of drug-likeness (QED) is 0.514. The minimum atomic E-state index is -0.520. The highest BCUT2D eigenvalue weighted by atomic mass is 19.1. The maximum absolute atomic E-state index is 14.3. The summed E-state index contributed by atoms with van der Waals surface area (Å²) in [6, 6.07) is 11.8. The van der Waals surface area contributed by atoms with Crippen LogP contribution in [0.25, 0.3) is 10.9 Å². The number of aromatic nitrogens is 1. The van der Waals surface area contributed by atoms with E-state index in [1.165, 1.54) is 12.1 Å². The molecule has 0 spiro atoms. The number of halogens is 1. The molecule has 36 heavy (non-hydrogen) atoms. The third kappa shape index (κ3) is 4.93. The van der Waals surface area contributed by atoms with Crippen molar-refractivity contribution >= 4 is 22.6 Å². The van der Waals surface area contributed by atoms with Crippen LogP contribution in [0.1, 0.15) is 38.4 Å². The molecule has 7 nitrogen and oxygen atoms in total. The van der Waals surface area contributed by atoms with Crippen LogP contribution in [-0.2, 0) is 13.0 Å². The first-order valence-corrected chi connectivity index (χ1v) is 12.7. The van der Waals surface area contributed by atoms with Crippen molar-refractivity contribution in [2.45, 2.75) is 19.4 Å². The number of carbonyl (C=O) groups is 2. The van der Waals surface area contributed by atoms with Crippen LogP contribution in [0.15, 0.2) is 42.5 Å². The van der Waals surface area contributed by atoms with Crippen LogP contribution in [-0.4, -0.2) is 95.5 Å². The monoisotopic (exact) mass is 492 g/mol. The normalized spacial score (nSPS) is 17.4. The summed E-state index contributed by atoms with van der Waals surface area (Å²) in [4.78, 5) is 32.1. The lowest BCUT2D eigenvalue weighted by molar-refractivity contribution is 0.0719. The summed E-state index contributed by atoms with van der Waals surface area (Å²) in [5, 5.41) is 9.75. The van der Waals surface area contributed by atoms with Crippen molar-refractivity contribution in [2.24, 2.45) is 0 Å². The second-order valence-electron chi connectivity index (χ2n) is 9.89. The first kappa shape index (κ1) is 24.6. The fourth-order valence-corrected chi connectivity index (χ4v) is 5.43. The average molecular weight is 493 g/mol. The highest BCUT2D eigenvalue weighted by molar-refractivity contribution is 6.09. The molecule has 2 aliphatic rings. The lowest BCUT2D eigenvalue weighted by Crippen LogP contribution is -2.43. The van der Waals surface area contributed by atoms with Gasteiger partial charge in [-0.25, -0.2) is 4.39 Å². The van der Waals surface area contributed by atoms with Gasteiger partial charge in [0, 0.05) is 67.8 Å². The van der Waals surface area contributed by atoms with Crippen LogP contribution < -0.4 is 0 Å². The zero-order valence-corrected chi connectivity index (χ0v) is 20.8. The number of carbonyl (C=O) groups excluding carboxylic acids is 2. The molecule has 3 heterocycles. The summed E-state index contributed by atoms with van der Waals surface area (Å²) >= 11 is 0. The molecule has 5 rings (SSSR count). The van der Waals surface area contributed by atoms with Crippen molar-refractivity contribution in [3.8, 4) is 0 Å². The van der Waals surface area contributed by atoms with Gasteiger partial charge in [-0.3, -0.25) is 9.59 Å². The van der Waals surface area contributed by atoms with Gasteiger partial charge in [0.25, 0.3) is 5.91 Å². The van der Waals surface area contributed by atoms with Crippen molar-refractivity contribution in [3.05, 3.63) is 70.7 Å². The number of ketones is 1. The third-order valence-corrected chi connectivity index (χ3v) is 7.51. The number of benzene rings is 2. The number of hydrogen-bond acceptors (Lipinski definition) is 5. The number of aliphatic hydroxyl groups excluding tert-OH is 1. The lowest BCUT2D eigenvalue weighted by Gasteiger charge is -2.30. The van der Waals surface area contributed by atoms with Crippen molar-refractivity contribution in [1.29, 1.82) is 0 Å². The van der Waals surface area contributed by atoms with Gasteiger partial charge in [0.05, 0.1) is 5.56 Å². The highest BCUT2D eigenvalue weighted by Gasteiger charge is 2.31. The Labute approximate surface area is 210 Å². The van der Waals surface area contributed by atoms with Gasteiger partial charge >= 0.3 is 0 Å². The number of amides is 1.